The van der Waals surface area contributed by atoms with E-state index in [9.17, 15) is 9.59 Å². The lowest BCUT2D eigenvalue weighted by atomic mass is 10.0. The first-order valence-corrected chi connectivity index (χ1v) is 10.0. The van der Waals surface area contributed by atoms with Crippen molar-refractivity contribution in [2.24, 2.45) is 0 Å². The molecule has 2 N–H and O–H groups in total. The molecule has 0 radical (unpaired) electrons. The molecule has 7 nitrogen and oxygen atoms in total. The fourth-order valence-electron chi connectivity index (χ4n) is 3.40. The number of ether oxygens (including phenoxy) is 1. The Kier molecular flexibility index (Phi) is 5.81. The summed E-state index contributed by atoms with van der Waals surface area (Å²) in [4.78, 5) is 27.0. The highest BCUT2D eigenvalue weighted by Gasteiger charge is 2.14. The van der Waals surface area contributed by atoms with Crippen LogP contribution in [-0.2, 0) is 0 Å². The van der Waals surface area contributed by atoms with Gasteiger partial charge in [-0.2, -0.15) is 0 Å². The summed E-state index contributed by atoms with van der Waals surface area (Å²) in [5, 5.41) is 6.42. The molecule has 162 valence electrons. The van der Waals surface area contributed by atoms with E-state index < -0.39 is 5.63 Å². The van der Waals surface area contributed by atoms with Crippen molar-refractivity contribution in [1.82, 2.24) is 0 Å². The Hall–Kier alpha value is -4.26. The van der Waals surface area contributed by atoms with Crippen LogP contribution >= 0.6 is 0 Å². The number of para-hydroxylation sites is 1. The van der Waals surface area contributed by atoms with Gasteiger partial charge in [-0.05, 0) is 42.5 Å². The first-order valence-electron chi connectivity index (χ1n) is 10.0. The lowest BCUT2D eigenvalue weighted by Crippen LogP contribution is -2.19. The van der Waals surface area contributed by atoms with E-state index in [1.807, 2.05) is 61.5 Å². The topological polar surface area (TPSA) is 83.8 Å². The van der Waals surface area contributed by atoms with Crippen LogP contribution in [0.15, 0.2) is 82.0 Å². The van der Waals surface area contributed by atoms with Crippen molar-refractivity contribution in [2.45, 2.75) is 0 Å². The summed E-state index contributed by atoms with van der Waals surface area (Å²) in [6.07, 6.45) is 0. The number of rotatable bonds is 5. The summed E-state index contributed by atoms with van der Waals surface area (Å²) in [6.45, 7) is 0. The highest BCUT2D eigenvalue weighted by Crippen LogP contribution is 2.32. The Morgan fingerprint density at radius 3 is 2.38 bits per heavy atom. The molecule has 0 aliphatic heterocycles. The average Bonchev–Trinajstić information content (AvgIpc) is 2.78. The number of fused-ring (bicyclic) bond motifs is 1. The van der Waals surface area contributed by atoms with E-state index in [2.05, 4.69) is 10.6 Å². The second-order valence-corrected chi connectivity index (χ2v) is 7.42. The van der Waals surface area contributed by atoms with Crippen LogP contribution in [0.2, 0.25) is 0 Å². The van der Waals surface area contributed by atoms with E-state index in [-0.39, 0.29) is 6.03 Å². The number of methoxy groups -OCH3 is 1. The smallest absolute Gasteiger partial charge is 0.344 e. The van der Waals surface area contributed by atoms with Gasteiger partial charge in [-0.15, -0.1) is 0 Å². The third-order valence-electron chi connectivity index (χ3n) is 5.01. The van der Waals surface area contributed by atoms with E-state index in [4.69, 9.17) is 9.15 Å². The third kappa shape index (κ3) is 4.41. The lowest BCUT2D eigenvalue weighted by molar-refractivity contribution is 0.262. The monoisotopic (exact) mass is 429 g/mol. The molecule has 1 aromatic heterocycles. The van der Waals surface area contributed by atoms with Gasteiger partial charge in [-0.25, -0.2) is 9.59 Å². The summed E-state index contributed by atoms with van der Waals surface area (Å²) >= 11 is 0. The van der Waals surface area contributed by atoms with Crippen LogP contribution in [-0.4, -0.2) is 27.2 Å². The highest BCUT2D eigenvalue weighted by molar-refractivity contribution is 6.00. The molecule has 0 bridgehead atoms. The van der Waals surface area contributed by atoms with Gasteiger partial charge in [0.2, 0.25) is 0 Å². The van der Waals surface area contributed by atoms with E-state index in [0.29, 0.717) is 33.8 Å². The number of amides is 2. The predicted molar refractivity (Wildman–Crippen MR) is 128 cm³/mol. The molecular formula is C25H23N3O4. The summed E-state index contributed by atoms with van der Waals surface area (Å²) in [6, 6.07) is 21.3. The molecule has 1 heterocycles. The Balaban J connectivity index is 1.58. The molecule has 0 aliphatic rings. The normalized spacial score (nSPS) is 10.6. The SMILES string of the molecule is COc1cc(NC(=O)Nc2cccc(N(C)C)c2)ccc1-c1cc2ccccc2oc1=O. The van der Waals surface area contributed by atoms with Crippen LogP contribution in [0.4, 0.5) is 21.9 Å². The second kappa shape index (κ2) is 8.85. The number of carbonyl (C=O) groups is 1. The van der Waals surface area contributed by atoms with Crippen LogP contribution in [0.3, 0.4) is 0 Å². The molecule has 0 unspecified atom stereocenters. The number of urea groups is 1. The maximum absolute atomic E-state index is 12.5. The van der Waals surface area contributed by atoms with Gasteiger partial charge >= 0.3 is 11.7 Å². The Labute approximate surface area is 185 Å². The first kappa shape index (κ1) is 21.0. The number of anilines is 3. The zero-order chi connectivity index (χ0) is 22.7. The number of hydrogen-bond donors (Lipinski definition) is 2. The van der Waals surface area contributed by atoms with Gasteiger partial charge in [0.15, 0.2) is 0 Å². The van der Waals surface area contributed by atoms with Gasteiger partial charge in [0, 0.05) is 48.2 Å². The average molecular weight is 429 g/mol. The van der Waals surface area contributed by atoms with Crippen molar-refractivity contribution in [3.8, 4) is 16.9 Å². The van der Waals surface area contributed by atoms with Gasteiger partial charge in [0.05, 0.1) is 12.7 Å². The van der Waals surface area contributed by atoms with E-state index >= 15 is 0 Å². The maximum atomic E-state index is 12.5. The second-order valence-electron chi connectivity index (χ2n) is 7.42. The molecule has 0 spiro atoms. The van der Waals surface area contributed by atoms with Gasteiger partial charge in [0.1, 0.15) is 11.3 Å². The highest BCUT2D eigenvalue weighted by atomic mass is 16.5. The number of nitrogens with zero attached hydrogens (tertiary/aromatic N) is 1. The zero-order valence-electron chi connectivity index (χ0n) is 18.0. The predicted octanol–water partition coefficient (Wildman–Crippen LogP) is 5.18. The molecule has 4 rings (SSSR count). The van der Waals surface area contributed by atoms with Crippen LogP contribution in [0.5, 0.6) is 5.75 Å². The molecule has 0 saturated heterocycles. The maximum Gasteiger partial charge on any atom is 0.344 e. The fourth-order valence-corrected chi connectivity index (χ4v) is 3.40. The number of nitrogens with one attached hydrogen (secondary N) is 2. The third-order valence-corrected chi connectivity index (χ3v) is 5.01. The van der Waals surface area contributed by atoms with Crippen molar-refractivity contribution < 1.29 is 13.9 Å². The largest absolute Gasteiger partial charge is 0.496 e. The van der Waals surface area contributed by atoms with Crippen molar-refractivity contribution in [1.29, 1.82) is 0 Å². The Bertz CT molecular complexity index is 1340. The molecule has 0 atom stereocenters. The summed E-state index contributed by atoms with van der Waals surface area (Å²) < 4.78 is 10.9. The molecule has 4 aromatic rings. The van der Waals surface area contributed by atoms with Crippen LogP contribution in [0, 0.1) is 0 Å². The van der Waals surface area contributed by atoms with Gasteiger partial charge in [-0.3, -0.25) is 0 Å². The standard InChI is InChI=1S/C25H23N3O4/c1-28(2)19-9-6-8-17(14-19)26-25(30)27-18-11-12-20(23(15-18)31-3)21-13-16-7-4-5-10-22(16)32-24(21)29/h4-15H,1-3H3,(H2,26,27,30). The zero-order valence-corrected chi connectivity index (χ0v) is 18.0. The fraction of sp³-hybridized carbons (Fsp3) is 0.120. The van der Waals surface area contributed by atoms with Gasteiger partial charge in [-0.1, -0.05) is 24.3 Å². The summed E-state index contributed by atoms with van der Waals surface area (Å²) in [5.74, 6) is 0.444. The van der Waals surface area contributed by atoms with Crippen LogP contribution < -0.4 is 25.9 Å². The van der Waals surface area contributed by atoms with Crippen molar-refractivity contribution >= 4 is 34.1 Å². The molecule has 0 fully saturated rings. The molecule has 2 amide bonds. The molecule has 0 saturated carbocycles. The van der Waals surface area contributed by atoms with Crippen LogP contribution in [0.25, 0.3) is 22.1 Å². The van der Waals surface area contributed by atoms with E-state index in [1.165, 1.54) is 7.11 Å². The molecule has 0 aliphatic carbocycles. The minimum Gasteiger partial charge on any atom is -0.496 e. The molecule has 7 heteroatoms. The van der Waals surface area contributed by atoms with Crippen LogP contribution in [0.1, 0.15) is 0 Å². The molecule has 3 aromatic carbocycles. The first-order chi connectivity index (χ1) is 15.4. The van der Waals surface area contributed by atoms with Crippen molar-refractivity contribution in [3.63, 3.8) is 0 Å². The quantitative estimate of drug-likeness (QED) is 0.427. The van der Waals surface area contributed by atoms with E-state index in [0.717, 1.165) is 11.1 Å². The summed E-state index contributed by atoms with van der Waals surface area (Å²) in [5.41, 5.74) is 3.20. The number of benzene rings is 3. The number of carbonyl (C=O) groups excluding carboxylic acids is 1. The Morgan fingerprint density at radius 1 is 0.875 bits per heavy atom. The van der Waals surface area contributed by atoms with Crippen molar-refractivity contribution in [3.05, 3.63) is 83.2 Å². The minimum absolute atomic E-state index is 0.386. The molecule has 32 heavy (non-hydrogen) atoms. The van der Waals surface area contributed by atoms with E-state index in [1.54, 1.807) is 30.3 Å². The summed E-state index contributed by atoms with van der Waals surface area (Å²) in [7, 11) is 5.38. The van der Waals surface area contributed by atoms with Gasteiger partial charge in [0.25, 0.3) is 0 Å². The molecular weight excluding hydrogens is 406 g/mol. The Morgan fingerprint density at radius 2 is 1.62 bits per heavy atom. The van der Waals surface area contributed by atoms with Crippen molar-refractivity contribution in [2.75, 3.05) is 36.7 Å². The lowest BCUT2D eigenvalue weighted by Gasteiger charge is -2.15. The number of hydrogen-bond acceptors (Lipinski definition) is 5. The van der Waals surface area contributed by atoms with Gasteiger partial charge < -0.3 is 24.7 Å². The minimum atomic E-state index is -0.457.